The zero-order valence-corrected chi connectivity index (χ0v) is 7.64. The Morgan fingerprint density at radius 2 is 2.36 bits per heavy atom. The molecule has 0 saturated heterocycles. The van der Waals surface area contributed by atoms with Crippen LogP contribution in [-0.2, 0) is 13.0 Å². The van der Waals surface area contributed by atoms with E-state index in [9.17, 15) is 5.11 Å². The number of aliphatic hydroxyl groups excluding tert-OH is 1. The number of benzene rings is 1. The number of nitrogens with two attached hydrogens (primary N) is 1. The van der Waals surface area contributed by atoms with Crippen molar-refractivity contribution in [3.63, 3.8) is 0 Å². The van der Waals surface area contributed by atoms with Crippen LogP contribution < -0.4 is 5.73 Å². The van der Waals surface area contributed by atoms with Gasteiger partial charge in [0.2, 0.25) is 0 Å². The number of hydrogen-bond donors (Lipinski definition) is 2. The summed E-state index contributed by atoms with van der Waals surface area (Å²) in [5, 5.41) is 9.47. The summed E-state index contributed by atoms with van der Waals surface area (Å²) in [4.78, 5) is 4.43. The molecule has 4 heteroatoms. The Morgan fingerprint density at radius 3 is 3.21 bits per heavy atom. The summed E-state index contributed by atoms with van der Waals surface area (Å²) >= 11 is 0. The van der Waals surface area contributed by atoms with Gasteiger partial charge in [-0.2, -0.15) is 0 Å². The van der Waals surface area contributed by atoms with Crippen LogP contribution in [0, 0.1) is 0 Å². The first-order valence-corrected chi connectivity index (χ1v) is 4.67. The van der Waals surface area contributed by atoms with Crippen LogP contribution in [0.15, 0.2) is 18.2 Å². The minimum absolute atomic E-state index is 0.278. The fourth-order valence-corrected chi connectivity index (χ4v) is 2.04. The first-order valence-electron chi connectivity index (χ1n) is 4.67. The molecule has 1 aromatic heterocycles. The molecule has 72 valence electrons. The molecule has 0 spiro atoms. The molecule has 0 saturated carbocycles. The van der Waals surface area contributed by atoms with Crippen molar-refractivity contribution >= 4 is 16.7 Å². The first kappa shape index (κ1) is 7.82. The van der Waals surface area contributed by atoms with Gasteiger partial charge in [0.15, 0.2) is 0 Å². The second-order valence-electron chi connectivity index (χ2n) is 3.74. The van der Waals surface area contributed by atoms with Gasteiger partial charge < -0.3 is 15.4 Å². The number of fused-ring (bicyclic) bond motifs is 3. The van der Waals surface area contributed by atoms with Crippen molar-refractivity contribution in [1.82, 2.24) is 9.55 Å². The number of rotatable bonds is 0. The van der Waals surface area contributed by atoms with Crippen LogP contribution >= 0.6 is 0 Å². The number of nitrogens with zero attached hydrogens (tertiary/aromatic N) is 2. The molecular formula is C10H11N3O. The van der Waals surface area contributed by atoms with E-state index in [-0.39, 0.29) is 6.10 Å². The summed E-state index contributed by atoms with van der Waals surface area (Å²) in [5.41, 5.74) is 8.39. The summed E-state index contributed by atoms with van der Waals surface area (Å²) in [7, 11) is 0. The van der Waals surface area contributed by atoms with Gasteiger partial charge in [0, 0.05) is 12.1 Å². The molecule has 1 aliphatic heterocycles. The largest absolute Gasteiger partial charge is 0.399 e. The van der Waals surface area contributed by atoms with E-state index in [0.29, 0.717) is 13.0 Å². The van der Waals surface area contributed by atoms with Crippen LogP contribution in [0.5, 0.6) is 0 Å². The quantitative estimate of drug-likeness (QED) is 0.594. The minimum Gasteiger partial charge on any atom is -0.399 e. The molecule has 1 aliphatic rings. The third-order valence-electron chi connectivity index (χ3n) is 2.66. The zero-order chi connectivity index (χ0) is 9.71. The second kappa shape index (κ2) is 2.48. The van der Waals surface area contributed by atoms with E-state index >= 15 is 0 Å². The Morgan fingerprint density at radius 1 is 1.50 bits per heavy atom. The van der Waals surface area contributed by atoms with Crippen molar-refractivity contribution in [2.24, 2.45) is 0 Å². The molecule has 0 radical (unpaired) electrons. The summed E-state index contributed by atoms with van der Waals surface area (Å²) in [5.74, 6) is 0.957. The monoisotopic (exact) mass is 189 g/mol. The predicted octanol–water partition coefficient (Wildman–Crippen LogP) is 0.536. The van der Waals surface area contributed by atoms with Gasteiger partial charge in [-0.25, -0.2) is 4.98 Å². The number of nitrogen functional groups attached to an aromatic ring is 1. The number of aromatic nitrogens is 2. The summed E-state index contributed by atoms with van der Waals surface area (Å²) < 4.78 is 2.06. The van der Waals surface area contributed by atoms with Gasteiger partial charge in [-0.05, 0) is 18.2 Å². The van der Waals surface area contributed by atoms with Crippen molar-refractivity contribution in [3.8, 4) is 0 Å². The smallest absolute Gasteiger partial charge is 0.112 e. The minimum atomic E-state index is -0.278. The molecule has 3 rings (SSSR count). The lowest BCUT2D eigenvalue weighted by molar-refractivity contribution is 0.176. The Kier molecular flexibility index (Phi) is 1.39. The van der Waals surface area contributed by atoms with E-state index in [4.69, 9.17) is 5.73 Å². The third-order valence-corrected chi connectivity index (χ3v) is 2.66. The van der Waals surface area contributed by atoms with E-state index < -0.39 is 0 Å². The number of hydrogen-bond acceptors (Lipinski definition) is 3. The van der Waals surface area contributed by atoms with Gasteiger partial charge >= 0.3 is 0 Å². The molecule has 4 nitrogen and oxygen atoms in total. The van der Waals surface area contributed by atoms with E-state index in [1.165, 1.54) is 0 Å². The third kappa shape index (κ3) is 0.943. The van der Waals surface area contributed by atoms with E-state index in [1.807, 2.05) is 18.2 Å². The zero-order valence-electron chi connectivity index (χ0n) is 7.64. The van der Waals surface area contributed by atoms with Crippen LogP contribution in [0.1, 0.15) is 5.82 Å². The van der Waals surface area contributed by atoms with Gasteiger partial charge in [0.25, 0.3) is 0 Å². The second-order valence-corrected chi connectivity index (χ2v) is 3.74. The highest BCUT2D eigenvalue weighted by Gasteiger charge is 2.22. The normalized spacial score (nSPS) is 20.2. The average molecular weight is 189 g/mol. The molecule has 1 aromatic carbocycles. The van der Waals surface area contributed by atoms with Gasteiger partial charge in [-0.3, -0.25) is 0 Å². The lowest BCUT2D eigenvalue weighted by Gasteiger charge is -2.00. The molecule has 2 heterocycles. The molecule has 14 heavy (non-hydrogen) atoms. The van der Waals surface area contributed by atoms with Crippen molar-refractivity contribution in [2.45, 2.75) is 19.1 Å². The summed E-state index contributed by atoms with van der Waals surface area (Å²) in [6, 6.07) is 5.69. The highest BCUT2D eigenvalue weighted by atomic mass is 16.3. The summed E-state index contributed by atoms with van der Waals surface area (Å²) in [6.45, 7) is 0.649. The van der Waals surface area contributed by atoms with E-state index in [1.54, 1.807) is 0 Å². The lowest BCUT2D eigenvalue weighted by Crippen LogP contribution is -2.07. The van der Waals surface area contributed by atoms with Crippen LogP contribution in [0.3, 0.4) is 0 Å². The first-order chi connectivity index (χ1) is 6.74. The van der Waals surface area contributed by atoms with E-state index in [0.717, 1.165) is 22.5 Å². The van der Waals surface area contributed by atoms with Crippen molar-refractivity contribution in [2.75, 3.05) is 5.73 Å². The fourth-order valence-electron chi connectivity index (χ4n) is 2.04. The number of anilines is 1. The van der Waals surface area contributed by atoms with Crippen molar-refractivity contribution in [1.29, 1.82) is 0 Å². The maximum atomic E-state index is 9.47. The van der Waals surface area contributed by atoms with Gasteiger partial charge in [0.1, 0.15) is 5.82 Å². The SMILES string of the molecule is Nc1ccc2c(c1)nc1n2CC(O)C1. The van der Waals surface area contributed by atoms with Crippen LogP contribution in [0.4, 0.5) is 5.69 Å². The predicted molar refractivity (Wildman–Crippen MR) is 53.9 cm³/mol. The van der Waals surface area contributed by atoms with Crippen LogP contribution in [-0.4, -0.2) is 20.8 Å². The van der Waals surface area contributed by atoms with Crippen molar-refractivity contribution in [3.05, 3.63) is 24.0 Å². The lowest BCUT2D eigenvalue weighted by atomic mass is 10.2. The van der Waals surface area contributed by atoms with Crippen LogP contribution in [0.25, 0.3) is 11.0 Å². The molecule has 0 bridgehead atoms. The Balaban J connectivity index is 2.28. The molecule has 0 fully saturated rings. The molecule has 2 aromatic rings. The fraction of sp³-hybridized carbons (Fsp3) is 0.300. The van der Waals surface area contributed by atoms with Crippen LogP contribution in [0.2, 0.25) is 0 Å². The molecule has 1 unspecified atom stereocenters. The number of aliphatic hydroxyl groups is 1. The maximum Gasteiger partial charge on any atom is 0.112 e. The van der Waals surface area contributed by atoms with E-state index in [2.05, 4.69) is 9.55 Å². The molecular weight excluding hydrogens is 178 g/mol. The van der Waals surface area contributed by atoms with Crippen molar-refractivity contribution < 1.29 is 5.11 Å². The maximum absolute atomic E-state index is 9.47. The molecule has 1 atom stereocenters. The molecule has 3 N–H and O–H groups in total. The highest BCUT2D eigenvalue weighted by molar-refractivity contribution is 5.79. The molecule has 0 amide bonds. The summed E-state index contributed by atoms with van der Waals surface area (Å²) in [6.07, 6.45) is 0.369. The Labute approximate surface area is 81.0 Å². The topological polar surface area (TPSA) is 64.1 Å². The average Bonchev–Trinajstić information content (AvgIpc) is 2.59. The van der Waals surface area contributed by atoms with Gasteiger partial charge in [0.05, 0.1) is 23.7 Å². The Bertz CT molecular complexity index is 503. The molecule has 0 aliphatic carbocycles. The van der Waals surface area contributed by atoms with Gasteiger partial charge in [-0.15, -0.1) is 0 Å². The standard InChI is InChI=1S/C10H11N3O/c11-6-1-2-9-8(3-6)12-10-4-7(14)5-13(9)10/h1-3,7,14H,4-5,11H2. The number of imidazole rings is 1. The van der Waals surface area contributed by atoms with Gasteiger partial charge in [-0.1, -0.05) is 0 Å². The Hall–Kier alpha value is -1.55. The highest BCUT2D eigenvalue weighted by Crippen LogP contribution is 2.24.